The van der Waals surface area contributed by atoms with Gasteiger partial charge in [-0.05, 0) is 61.3 Å². The van der Waals surface area contributed by atoms with Gasteiger partial charge >= 0.3 is 0 Å². The van der Waals surface area contributed by atoms with Gasteiger partial charge in [0.05, 0.1) is 6.61 Å². The number of carbonyl (C=O) groups is 1. The van der Waals surface area contributed by atoms with Gasteiger partial charge in [-0.25, -0.2) is 0 Å². The molecule has 1 saturated heterocycles. The van der Waals surface area contributed by atoms with E-state index in [4.69, 9.17) is 4.74 Å². The summed E-state index contributed by atoms with van der Waals surface area (Å²) in [7, 11) is 0. The first-order chi connectivity index (χ1) is 13.2. The molecule has 2 unspecified atom stereocenters. The highest BCUT2D eigenvalue weighted by Crippen LogP contribution is 2.37. The van der Waals surface area contributed by atoms with Crippen molar-refractivity contribution in [3.8, 4) is 5.75 Å². The maximum absolute atomic E-state index is 12.2. The SMILES string of the molecule is CCC(CC)CNC(=O)c1ccc(OCCCN2CC3CCCC3C2)cc1. The highest BCUT2D eigenvalue weighted by Gasteiger charge is 2.35. The summed E-state index contributed by atoms with van der Waals surface area (Å²) in [6.45, 7) is 9.57. The van der Waals surface area contributed by atoms with E-state index >= 15 is 0 Å². The van der Waals surface area contributed by atoms with Gasteiger partial charge in [0.25, 0.3) is 5.91 Å². The van der Waals surface area contributed by atoms with Crippen LogP contribution >= 0.6 is 0 Å². The Bertz CT molecular complexity index is 571. The number of ether oxygens (including phenoxy) is 1. The maximum Gasteiger partial charge on any atom is 0.251 e. The van der Waals surface area contributed by atoms with Gasteiger partial charge in [0, 0.05) is 31.7 Å². The van der Waals surface area contributed by atoms with Crippen molar-refractivity contribution in [2.75, 3.05) is 32.8 Å². The molecule has 0 bridgehead atoms. The second-order valence-corrected chi connectivity index (χ2v) is 8.33. The molecule has 2 aliphatic rings. The number of hydrogen-bond acceptors (Lipinski definition) is 3. The van der Waals surface area contributed by atoms with Gasteiger partial charge in [-0.15, -0.1) is 0 Å². The minimum atomic E-state index is 0.00744. The quantitative estimate of drug-likeness (QED) is 0.621. The summed E-state index contributed by atoms with van der Waals surface area (Å²) in [4.78, 5) is 14.8. The van der Waals surface area contributed by atoms with Crippen LogP contribution in [0.25, 0.3) is 0 Å². The molecule has 1 heterocycles. The lowest BCUT2D eigenvalue weighted by molar-refractivity contribution is 0.0946. The van der Waals surface area contributed by atoms with Gasteiger partial charge in [-0.2, -0.15) is 0 Å². The fourth-order valence-electron chi connectivity index (χ4n) is 4.61. The van der Waals surface area contributed by atoms with Crippen molar-refractivity contribution in [1.29, 1.82) is 0 Å². The number of hydrogen-bond donors (Lipinski definition) is 1. The monoisotopic (exact) mass is 372 g/mol. The van der Waals surface area contributed by atoms with E-state index in [0.717, 1.165) is 56.5 Å². The largest absolute Gasteiger partial charge is 0.494 e. The summed E-state index contributed by atoms with van der Waals surface area (Å²) in [5.41, 5.74) is 0.705. The van der Waals surface area contributed by atoms with Crippen molar-refractivity contribution in [3.05, 3.63) is 29.8 Å². The van der Waals surface area contributed by atoms with Crippen LogP contribution in [0.15, 0.2) is 24.3 Å². The van der Waals surface area contributed by atoms with E-state index in [0.29, 0.717) is 11.5 Å². The predicted molar refractivity (Wildman–Crippen MR) is 110 cm³/mol. The number of benzene rings is 1. The van der Waals surface area contributed by atoms with Crippen LogP contribution < -0.4 is 10.1 Å². The second kappa shape index (κ2) is 10.1. The molecule has 3 rings (SSSR count). The second-order valence-electron chi connectivity index (χ2n) is 8.33. The molecule has 2 atom stereocenters. The molecule has 1 aliphatic heterocycles. The van der Waals surface area contributed by atoms with E-state index in [9.17, 15) is 4.79 Å². The number of likely N-dealkylation sites (tertiary alicyclic amines) is 1. The van der Waals surface area contributed by atoms with E-state index in [1.165, 1.54) is 32.4 Å². The Hall–Kier alpha value is -1.55. The van der Waals surface area contributed by atoms with Crippen LogP contribution in [-0.4, -0.2) is 43.6 Å². The zero-order valence-electron chi connectivity index (χ0n) is 17.1. The number of nitrogens with zero attached hydrogens (tertiary/aromatic N) is 1. The molecule has 4 heteroatoms. The van der Waals surface area contributed by atoms with Crippen LogP contribution in [0.4, 0.5) is 0 Å². The lowest BCUT2D eigenvalue weighted by atomic mass is 10.0. The summed E-state index contributed by atoms with van der Waals surface area (Å²) in [6, 6.07) is 7.54. The van der Waals surface area contributed by atoms with Crippen LogP contribution in [0, 0.1) is 17.8 Å². The molecule has 1 aliphatic carbocycles. The molecule has 1 aromatic carbocycles. The number of carbonyl (C=O) groups excluding carboxylic acids is 1. The lowest BCUT2D eigenvalue weighted by Gasteiger charge is -2.16. The summed E-state index contributed by atoms with van der Waals surface area (Å²) < 4.78 is 5.87. The number of fused-ring (bicyclic) bond motifs is 1. The van der Waals surface area contributed by atoms with Crippen molar-refractivity contribution in [2.24, 2.45) is 17.8 Å². The molecule has 1 N–H and O–H groups in total. The predicted octanol–water partition coefficient (Wildman–Crippen LogP) is 4.35. The van der Waals surface area contributed by atoms with E-state index < -0.39 is 0 Å². The molecule has 2 fully saturated rings. The van der Waals surface area contributed by atoms with Crippen LogP contribution in [0.3, 0.4) is 0 Å². The number of nitrogens with one attached hydrogen (secondary N) is 1. The van der Waals surface area contributed by atoms with Crippen molar-refractivity contribution in [2.45, 2.75) is 52.4 Å². The Labute approximate surface area is 164 Å². The molecular weight excluding hydrogens is 336 g/mol. The molecule has 1 aromatic rings. The Morgan fingerprint density at radius 3 is 2.44 bits per heavy atom. The third-order valence-corrected chi connectivity index (χ3v) is 6.51. The molecule has 4 nitrogen and oxygen atoms in total. The third-order valence-electron chi connectivity index (χ3n) is 6.51. The molecule has 0 aromatic heterocycles. The zero-order chi connectivity index (χ0) is 19.1. The van der Waals surface area contributed by atoms with Crippen molar-refractivity contribution >= 4 is 5.91 Å². The average Bonchev–Trinajstić information content (AvgIpc) is 3.28. The number of rotatable bonds is 10. The van der Waals surface area contributed by atoms with Gasteiger partial charge < -0.3 is 15.0 Å². The first-order valence-corrected chi connectivity index (χ1v) is 10.9. The average molecular weight is 373 g/mol. The van der Waals surface area contributed by atoms with Crippen molar-refractivity contribution in [3.63, 3.8) is 0 Å². The molecule has 150 valence electrons. The summed E-state index contributed by atoms with van der Waals surface area (Å²) in [6.07, 6.45) is 7.59. The molecular formula is C23H36N2O2. The van der Waals surface area contributed by atoms with Crippen LogP contribution in [0.5, 0.6) is 5.75 Å². The van der Waals surface area contributed by atoms with E-state index in [1.807, 2.05) is 24.3 Å². The third kappa shape index (κ3) is 5.71. The maximum atomic E-state index is 12.2. The molecule has 1 saturated carbocycles. The van der Waals surface area contributed by atoms with Gasteiger partial charge in [-0.1, -0.05) is 33.1 Å². The summed E-state index contributed by atoms with van der Waals surface area (Å²) in [5, 5.41) is 3.04. The Morgan fingerprint density at radius 1 is 1.15 bits per heavy atom. The van der Waals surface area contributed by atoms with Crippen molar-refractivity contribution in [1.82, 2.24) is 10.2 Å². The van der Waals surface area contributed by atoms with Crippen molar-refractivity contribution < 1.29 is 9.53 Å². The van der Waals surface area contributed by atoms with E-state index in [-0.39, 0.29) is 5.91 Å². The fraction of sp³-hybridized carbons (Fsp3) is 0.696. The smallest absolute Gasteiger partial charge is 0.251 e. The van der Waals surface area contributed by atoms with E-state index in [2.05, 4.69) is 24.1 Å². The number of amides is 1. The summed E-state index contributed by atoms with van der Waals surface area (Å²) >= 11 is 0. The van der Waals surface area contributed by atoms with Crippen LogP contribution in [0.2, 0.25) is 0 Å². The minimum Gasteiger partial charge on any atom is -0.494 e. The lowest BCUT2D eigenvalue weighted by Crippen LogP contribution is -2.28. The minimum absolute atomic E-state index is 0.00744. The highest BCUT2D eigenvalue weighted by atomic mass is 16.5. The van der Waals surface area contributed by atoms with Gasteiger partial charge in [0.15, 0.2) is 0 Å². The van der Waals surface area contributed by atoms with Gasteiger partial charge in [0.2, 0.25) is 0 Å². The fourth-order valence-corrected chi connectivity index (χ4v) is 4.61. The molecule has 1 amide bonds. The van der Waals surface area contributed by atoms with Gasteiger partial charge in [0.1, 0.15) is 5.75 Å². The highest BCUT2D eigenvalue weighted by molar-refractivity contribution is 5.94. The zero-order valence-corrected chi connectivity index (χ0v) is 17.1. The summed E-state index contributed by atoms with van der Waals surface area (Å²) in [5.74, 6) is 3.36. The van der Waals surface area contributed by atoms with Crippen LogP contribution in [0.1, 0.15) is 62.7 Å². The Morgan fingerprint density at radius 2 is 1.81 bits per heavy atom. The topological polar surface area (TPSA) is 41.6 Å². The molecule has 0 radical (unpaired) electrons. The first kappa shape index (κ1) is 20.2. The van der Waals surface area contributed by atoms with E-state index in [1.54, 1.807) is 0 Å². The standard InChI is InChI=1S/C23H36N2O2/c1-3-18(4-2)15-24-23(26)19-9-11-22(12-10-19)27-14-6-13-25-16-20-7-5-8-21(20)17-25/h9-12,18,20-21H,3-8,13-17H2,1-2H3,(H,24,26). The Kier molecular flexibility index (Phi) is 7.57. The molecule has 0 spiro atoms. The molecule has 27 heavy (non-hydrogen) atoms. The van der Waals surface area contributed by atoms with Crippen LogP contribution in [-0.2, 0) is 0 Å². The first-order valence-electron chi connectivity index (χ1n) is 10.9. The normalized spacial score (nSPS) is 22.2. The Balaban J connectivity index is 1.33. The van der Waals surface area contributed by atoms with Gasteiger partial charge in [-0.3, -0.25) is 4.79 Å².